The second-order valence-electron chi connectivity index (χ2n) is 4.82. The van der Waals surface area contributed by atoms with Crippen LogP contribution in [-0.4, -0.2) is 18.2 Å². The average Bonchev–Trinajstić information content (AvgIpc) is 2.80. The number of nitrogens with two attached hydrogens (primary N) is 1. The van der Waals surface area contributed by atoms with Crippen LogP contribution in [0.2, 0.25) is 0 Å². The zero-order valence-electron chi connectivity index (χ0n) is 11.2. The summed E-state index contributed by atoms with van der Waals surface area (Å²) in [6.07, 6.45) is 1.71. The zero-order chi connectivity index (χ0) is 14.9. The molecule has 5 nitrogen and oxygen atoms in total. The van der Waals surface area contributed by atoms with Gasteiger partial charge in [-0.05, 0) is 38.1 Å². The van der Waals surface area contributed by atoms with Crippen molar-refractivity contribution in [3.63, 3.8) is 0 Å². The van der Waals surface area contributed by atoms with Gasteiger partial charge in [-0.3, -0.25) is 4.68 Å². The first-order chi connectivity index (χ1) is 9.29. The summed E-state index contributed by atoms with van der Waals surface area (Å²) in [6, 6.07) is 5.08. The van der Waals surface area contributed by atoms with Crippen LogP contribution in [0.1, 0.15) is 25.6 Å². The molecule has 2 N–H and O–H groups in total. The van der Waals surface area contributed by atoms with Crippen molar-refractivity contribution in [2.75, 3.05) is 5.73 Å². The maximum absolute atomic E-state index is 13.2. The largest absolute Gasteiger partial charge is 0.398 e. The van der Waals surface area contributed by atoms with Crippen molar-refractivity contribution in [1.29, 1.82) is 0 Å². The molecule has 2 rings (SSSR count). The highest BCUT2D eigenvalue weighted by Crippen LogP contribution is 2.23. The molecule has 0 radical (unpaired) electrons. The van der Waals surface area contributed by atoms with Gasteiger partial charge in [-0.2, -0.15) is 5.10 Å². The van der Waals surface area contributed by atoms with Crippen LogP contribution in [0.4, 0.5) is 10.1 Å². The maximum Gasteiger partial charge on any atom is 0.186 e. The van der Waals surface area contributed by atoms with Crippen molar-refractivity contribution in [3.05, 3.63) is 42.0 Å². The highest BCUT2D eigenvalue weighted by Gasteiger charge is 2.20. The normalized spacial score (nSPS) is 12.0. The van der Waals surface area contributed by atoms with Gasteiger partial charge >= 0.3 is 0 Å². The zero-order valence-corrected chi connectivity index (χ0v) is 12.1. The summed E-state index contributed by atoms with van der Waals surface area (Å²) < 4.78 is 39.4. The Labute approximate surface area is 117 Å². The summed E-state index contributed by atoms with van der Waals surface area (Å²) >= 11 is 0. The Kier molecular flexibility index (Phi) is 3.80. The van der Waals surface area contributed by atoms with E-state index in [4.69, 9.17) is 5.73 Å². The maximum atomic E-state index is 13.2. The standard InChI is InChI=1S/C13H16FN3O2S/c1-9(2)17-6-5-11(16-17)8-20(18,19)13-7-10(14)3-4-12(13)15/h3-7,9H,8,15H2,1-2H3. The molecule has 0 spiro atoms. The molecule has 0 unspecified atom stereocenters. The molecule has 20 heavy (non-hydrogen) atoms. The number of halogens is 1. The van der Waals surface area contributed by atoms with Crippen molar-refractivity contribution < 1.29 is 12.8 Å². The first kappa shape index (κ1) is 14.5. The summed E-state index contributed by atoms with van der Waals surface area (Å²) in [6.45, 7) is 3.88. The van der Waals surface area contributed by atoms with Gasteiger partial charge < -0.3 is 5.73 Å². The number of hydrogen-bond donors (Lipinski definition) is 1. The Bertz CT molecular complexity index is 723. The molecule has 2 aromatic rings. The van der Waals surface area contributed by atoms with Crippen LogP contribution in [0.3, 0.4) is 0 Å². The predicted octanol–water partition coefficient (Wildman–Crippen LogP) is 2.16. The van der Waals surface area contributed by atoms with E-state index in [0.717, 1.165) is 12.1 Å². The number of anilines is 1. The van der Waals surface area contributed by atoms with Gasteiger partial charge in [0.25, 0.3) is 0 Å². The number of hydrogen-bond acceptors (Lipinski definition) is 4. The Morgan fingerprint density at radius 2 is 2.05 bits per heavy atom. The monoisotopic (exact) mass is 297 g/mol. The fraction of sp³-hybridized carbons (Fsp3) is 0.308. The third-order valence-corrected chi connectivity index (χ3v) is 4.54. The lowest BCUT2D eigenvalue weighted by Crippen LogP contribution is -2.10. The molecule has 0 amide bonds. The van der Waals surface area contributed by atoms with Gasteiger partial charge in [0.1, 0.15) is 5.82 Å². The molecule has 0 aliphatic carbocycles. The Morgan fingerprint density at radius 1 is 1.35 bits per heavy atom. The topological polar surface area (TPSA) is 78.0 Å². The Balaban J connectivity index is 2.33. The smallest absolute Gasteiger partial charge is 0.186 e. The molecule has 7 heteroatoms. The Hall–Kier alpha value is -1.89. The molecule has 0 saturated heterocycles. The summed E-state index contributed by atoms with van der Waals surface area (Å²) in [4.78, 5) is -0.198. The number of nitrogen functional groups attached to an aromatic ring is 1. The van der Waals surface area contributed by atoms with E-state index in [0.29, 0.717) is 5.69 Å². The molecule has 0 aliphatic heterocycles. The summed E-state index contributed by atoms with van der Waals surface area (Å²) in [7, 11) is -3.72. The van der Waals surface area contributed by atoms with Crippen LogP contribution in [0.25, 0.3) is 0 Å². The van der Waals surface area contributed by atoms with Crippen molar-refractivity contribution in [3.8, 4) is 0 Å². The van der Waals surface area contributed by atoms with E-state index in [-0.39, 0.29) is 22.4 Å². The number of sulfone groups is 1. The molecule has 0 bridgehead atoms. The number of rotatable bonds is 4. The summed E-state index contributed by atoms with van der Waals surface area (Å²) in [5.74, 6) is -0.939. The van der Waals surface area contributed by atoms with Crippen LogP contribution in [0.15, 0.2) is 35.4 Å². The van der Waals surface area contributed by atoms with Crippen molar-refractivity contribution in [2.45, 2.75) is 30.5 Å². The first-order valence-corrected chi connectivity index (χ1v) is 7.76. The lowest BCUT2D eigenvalue weighted by atomic mass is 10.3. The molecular weight excluding hydrogens is 281 g/mol. The quantitative estimate of drug-likeness (QED) is 0.877. The van der Waals surface area contributed by atoms with E-state index < -0.39 is 15.7 Å². The second-order valence-corrected chi connectivity index (χ2v) is 6.78. The van der Waals surface area contributed by atoms with Gasteiger partial charge in [0.2, 0.25) is 0 Å². The van der Waals surface area contributed by atoms with Crippen LogP contribution >= 0.6 is 0 Å². The molecule has 1 heterocycles. The van der Waals surface area contributed by atoms with Gasteiger partial charge in [0, 0.05) is 12.2 Å². The highest BCUT2D eigenvalue weighted by atomic mass is 32.2. The van der Waals surface area contributed by atoms with Crippen molar-refractivity contribution in [2.24, 2.45) is 0 Å². The molecule has 0 atom stereocenters. The van der Waals surface area contributed by atoms with Crippen LogP contribution < -0.4 is 5.73 Å². The van der Waals surface area contributed by atoms with Gasteiger partial charge in [0.15, 0.2) is 9.84 Å². The molecule has 108 valence electrons. The van der Waals surface area contributed by atoms with Crippen LogP contribution in [0.5, 0.6) is 0 Å². The summed E-state index contributed by atoms with van der Waals surface area (Å²) in [5.41, 5.74) is 6.05. The molecule has 0 fully saturated rings. The number of nitrogens with zero attached hydrogens (tertiary/aromatic N) is 2. The van der Waals surface area contributed by atoms with Gasteiger partial charge in [-0.25, -0.2) is 12.8 Å². The lowest BCUT2D eigenvalue weighted by Gasteiger charge is -2.07. The molecule has 0 saturated carbocycles. The lowest BCUT2D eigenvalue weighted by molar-refractivity contribution is 0.527. The van der Waals surface area contributed by atoms with Gasteiger partial charge in [0.05, 0.1) is 22.0 Å². The molecule has 0 aliphatic rings. The van der Waals surface area contributed by atoms with Gasteiger partial charge in [-0.1, -0.05) is 0 Å². The van der Waals surface area contributed by atoms with E-state index in [1.165, 1.54) is 6.07 Å². The second kappa shape index (κ2) is 5.24. The van der Waals surface area contributed by atoms with E-state index in [9.17, 15) is 12.8 Å². The third kappa shape index (κ3) is 2.98. The van der Waals surface area contributed by atoms with E-state index >= 15 is 0 Å². The first-order valence-electron chi connectivity index (χ1n) is 6.11. The van der Waals surface area contributed by atoms with E-state index in [1.807, 2.05) is 13.8 Å². The van der Waals surface area contributed by atoms with E-state index in [2.05, 4.69) is 5.10 Å². The average molecular weight is 297 g/mol. The minimum atomic E-state index is -3.72. The van der Waals surface area contributed by atoms with Gasteiger partial charge in [-0.15, -0.1) is 0 Å². The highest BCUT2D eigenvalue weighted by molar-refractivity contribution is 7.90. The molecular formula is C13H16FN3O2S. The van der Waals surface area contributed by atoms with Crippen molar-refractivity contribution in [1.82, 2.24) is 9.78 Å². The molecule has 1 aromatic heterocycles. The SMILES string of the molecule is CC(C)n1ccc(CS(=O)(=O)c2cc(F)ccc2N)n1. The minimum absolute atomic E-state index is 0.0368. The fourth-order valence-corrected chi connectivity index (χ4v) is 3.21. The Morgan fingerprint density at radius 3 is 2.65 bits per heavy atom. The number of aromatic nitrogens is 2. The van der Waals surface area contributed by atoms with Crippen LogP contribution in [-0.2, 0) is 15.6 Å². The minimum Gasteiger partial charge on any atom is -0.398 e. The van der Waals surface area contributed by atoms with Crippen molar-refractivity contribution >= 4 is 15.5 Å². The van der Waals surface area contributed by atoms with E-state index in [1.54, 1.807) is 16.9 Å². The summed E-state index contributed by atoms with van der Waals surface area (Å²) in [5, 5.41) is 4.18. The fourth-order valence-electron chi connectivity index (χ4n) is 1.79. The van der Waals surface area contributed by atoms with Crippen LogP contribution in [0, 0.1) is 5.82 Å². The molecule has 1 aromatic carbocycles. The third-order valence-electron chi connectivity index (χ3n) is 2.84. The number of benzene rings is 1. The predicted molar refractivity (Wildman–Crippen MR) is 74.3 cm³/mol.